The lowest BCUT2D eigenvalue weighted by molar-refractivity contribution is -0.384. The zero-order chi connectivity index (χ0) is 22.4. The summed E-state index contributed by atoms with van der Waals surface area (Å²) in [7, 11) is 0. The molecule has 3 aromatic rings. The molecular weight excluding hydrogens is 418 g/mol. The summed E-state index contributed by atoms with van der Waals surface area (Å²) in [5.41, 5.74) is 2.27. The number of non-ortho nitro benzene ring substituents is 1. The zero-order valence-electron chi connectivity index (χ0n) is 17.5. The summed E-state index contributed by atoms with van der Waals surface area (Å²) in [5, 5.41) is 22.6. The maximum absolute atomic E-state index is 12.4. The molecule has 0 atom stereocenters. The van der Waals surface area contributed by atoms with Crippen LogP contribution < -0.4 is 10.1 Å². The number of hydrogen-bond acceptors (Lipinski definition) is 7. The minimum Gasteiger partial charge on any atom is -0.486 e. The summed E-state index contributed by atoms with van der Waals surface area (Å²) >= 11 is 1.27. The van der Waals surface area contributed by atoms with Crippen molar-refractivity contribution in [2.24, 2.45) is 0 Å². The van der Waals surface area contributed by atoms with E-state index in [1.54, 1.807) is 6.92 Å². The summed E-state index contributed by atoms with van der Waals surface area (Å²) in [6.07, 6.45) is 0. The number of nitrogens with one attached hydrogen (secondary N) is 1. The Balaban J connectivity index is 1.59. The lowest BCUT2D eigenvalue weighted by Crippen LogP contribution is -2.15. The highest BCUT2D eigenvalue weighted by Crippen LogP contribution is 2.23. The second kappa shape index (κ2) is 10.1. The summed E-state index contributed by atoms with van der Waals surface area (Å²) in [6, 6.07) is 12.1. The molecule has 0 saturated carbocycles. The molecule has 0 saturated heterocycles. The molecule has 1 N–H and O–H groups in total. The summed E-state index contributed by atoms with van der Waals surface area (Å²) in [4.78, 5) is 22.7. The van der Waals surface area contributed by atoms with Gasteiger partial charge in [0.25, 0.3) is 5.69 Å². The molecule has 0 aliphatic heterocycles. The number of nitro groups is 1. The van der Waals surface area contributed by atoms with E-state index in [4.69, 9.17) is 4.74 Å². The Hall–Kier alpha value is -3.40. The second-order valence-electron chi connectivity index (χ2n) is 6.84. The number of carbonyl (C=O) groups excluding carboxylic acids is 1. The Kier molecular flexibility index (Phi) is 7.24. The number of amides is 1. The minimum atomic E-state index is -0.466. The van der Waals surface area contributed by atoms with E-state index in [9.17, 15) is 14.9 Å². The van der Waals surface area contributed by atoms with Gasteiger partial charge in [-0.3, -0.25) is 14.9 Å². The van der Waals surface area contributed by atoms with Crippen LogP contribution in [0.2, 0.25) is 0 Å². The average molecular weight is 442 g/mol. The fourth-order valence-electron chi connectivity index (χ4n) is 2.92. The Morgan fingerprint density at radius 1 is 1.23 bits per heavy atom. The molecule has 0 bridgehead atoms. The van der Waals surface area contributed by atoms with Crippen LogP contribution >= 0.6 is 11.8 Å². The highest BCUT2D eigenvalue weighted by molar-refractivity contribution is 7.99. The molecule has 31 heavy (non-hydrogen) atoms. The molecule has 0 radical (unpaired) electrons. The lowest BCUT2D eigenvalue weighted by Gasteiger charge is -2.10. The van der Waals surface area contributed by atoms with E-state index >= 15 is 0 Å². The van der Waals surface area contributed by atoms with Gasteiger partial charge in [0.1, 0.15) is 12.4 Å². The minimum absolute atomic E-state index is 0.0127. The van der Waals surface area contributed by atoms with Crippen molar-refractivity contribution >= 4 is 29.0 Å². The van der Waals surface area contributed by atoms with Crippen molar-refractivity contribution in [2.75, 3.05) is 11.1 Å². The van der Waals surface area contributed by atoms with Gasteiger partial charge in [-0.2, -0.15) is 0 Å². The monoisotopic (exact) mass is 441 g/mol. The van der Waals surface area contributed by atoms with Gasteiger partial charge >= 0.3 is 0 Å². The largest absolute Gasteiger partial charge is 0.486 e. The summed E-state index contributed by atoms with van der Waals surface area (Å²) < 4.78 is 7.72. The summed E-state index contributed by atoms with van der Waals surface area (Å²) in [6.45, 7) is 6.61. The molecule has 9 nitrogen and oxygen atoms in total. The first-order chi connectivity index (χ1) is 14.9. The Morgan fingerprint density at radius 3 is 2.71 bits per heavy atom. The maximum Gasteiger partial charge on any atom is 0.269 e. The Labute approximate surface area is 184 Å². The van der Waals surface area contributed by atoms with Gasteiger partial charge in [-0.25, -0.2) is 0 Å². The van der Waals surface area contributed by atoms with Crippen LogP contribution in [-0.4, -0.2) is 31.3 Å². The third-order valence-electron chi connectivity index (χ3n) is 4.49. The van der Waals surface area contributed by atoms with Crippen LogP contribution in [0.3, 0.4) is 0 Å². The average Bonchev–Trinajstić information content (AvgIpc) is 3.14. The van der Waals surface area contributed by atoms with Crippen molar-refractivity contribution in [3.8, 4) is 5.75 Å². The smallest absolute Gasteiger partial charge is 0.269 e. The number of ether oxygens (including phenoxy) is 1. The lowest BCUT2D eigenvalue weighted by atomic mass is 10.2. The molecule has 10 heteroatoms. The van der Waals surface area contributed by atoms with E-state index in [0.29, 0.717) is 28.8 Å². The van der Waals surface area contributed by atoms with Gasteiger partial charge in [0.05, 0.1) is 10.7 Å². The topological polar surface area (TPSA) is 112 Å². The quantitative estimate of drug-likeness (QED) is 0.302. The Morgan fingerprint density at radius 2 is 2.03 bits per heavy atom. The van der Waals surface area contributed by atoms with Crippen molar-refractivity contribution in [2.45, 2.75) is 39.1 Å². The van der Waals surface area contributed by atoms with Gasteiger partial charge in [0, 0.05) is 24.4 Å². The van der Waals surface area contributed by atoms with E-state index in [2.05, 4.69) is 15.5 Å². The summed E-state index contributed by atoms with van der Waals surface area (Å²) in [5.74, 6) is 1.34. The maximum atomic E-state index is 12.4. The van der Waals surface area contributed by atoms with Crippen LogP contribution in [0.15, 0.2) is 47.6 Å². The van der Waals surface area contributed by atoms with Crippen molar-refractivity contribution in [1.82, 2.24) is 14.8 Å². The molecule has 0 aliphatic carbocycles. The van der Waals surface area contributed by atoms with E-state index in [1.807, 2.05) is 42.7 Å². The molecule has 1 aromatic heterocycles. The van der Waals surface area contributed by atoms with Crippen LogP contribution in [0.5, 0.6) is 5.75 Å². The molecule has 3 rings (SSSR count). The first-order valence-corrected chi connectivity index (χ1v) is 10.6. The number of rotatable bonds is 9. The van der Waals surface area contributed by atoms with Crippen molar-refractivity contribution in [3.05, 3.63) is 69.5 Å². The molecule has 1 amide bonds. The van der Waals surface area contributed by atoms with E-state index in [0.717, 1.165) is 11.3 Å². The van der Waals surface area contributed by atoms with Gasteiger partial charge in [-0.15, -0.1) is 10.2 Å². The normalized spacial score (nSPS) is 10.7. The number of aromatic nitrogens is 3. The Bertz CT molecular complexity index is 1100. The number of carbonyl (C=O) groups is 1. The van der Waals surface area contributed by atoms with E-state index < -0.39 is 4.92 Å². The molecule has 1 heterocycles. The third-order valence-corrected chi connectivity index (χ3v) is 5.46. The molecule has 0 spiro atoms. The SMILES string of the molecule is CCn1c(COc2cccc(C)c2)nnc1SCC(=O)Nc1ccc([N+](=O)[O-])cc1C. The zero-order valence-corrected chi connectivity index (χ0v) is 18.3. The number of benzene rings is 2. The van der Waals surface area contributed by atoms with Gasteiger partial charge in [0.15, 0.2) is 11.0 Å². The number of anilines is 1. The van der Waals surface area contributed by atoms with E-state index in [-0.39, 0.29) is 24.0 Å². The van der Waals surface area contributed by atoms with Crippen molar-refractivity contribution in [1.29, 1.82) is 0 Å². The van der Waals surface area contributed by atoms with Crippen LogP contribution in [0.25, 0.3) is 0 Å². The highest BCUT2D eigenvalue weighted by atomic mass is 32.2. The van der Waals surface area contributed by atoms with Crippen LogP contribution in [0, 0.1) is 24.0 Å². The number of hydrogen-bond donors (Lipinski definition) is 1. The molecule has 0 aliphatic rings. The van der Waals surface area contributed by atoms with Crippen LogP contribution in [-0.2, 0) is 17.9 Å². The van der Waals surface area contributed by atoms with Crippen LogP contribution in [0.1, 0.15) is 23.9 Å². The van der Waals surface area contributed by atoms with E-state index in [1.165, 1.54) is 30.0 Å². The van der Waals surface area contributed by atoms with Crippen LogP contribution in [0.4, 0.5) is 11.4 Å². The van der Waals surface area contributed by atoms with Crippen molar-refractivity contribution < 1.29 is 14.5 Å². The molecule has 2 aromatic carbocycles. The van der Waals surface area contributed by atoms with Gasteiger partial charge < -0.3 is 14.6 Å². The number of thioether (sulfide) groups is 1. The van der Waals surface area contributed by atoms with Gasteiger partial charge in [-0.05, 0) is 50.1 Å². The molecule has 0 unspecified atom stereocenters. The predicted molar refractivity (Wildman–Crippen MR) is 118 cm³/mol. The first-order valence-electron chi connectivity index (χ1n) is 9.66. The fourth-order valence-corrected chi connectivity index (χ4v) is 3.74. The number of nitrogens with zero attached hydrogens (tertiary/aromatic N) is 4. The van der Waals surface area contributed by atoms with Crippen molar-refractivity contribution in [3.63, 3.8) is 0 Å². The third kappa shape index (κ3) is 5.82. The molecule has 162 valence electrons. The standard InChI is InChI=1S/C21H23N5O4S/c1-4-25-19(12-30-17-7-5-6-14(2)10-17)23-24-21(25)31-13-20(27)22-18-9-8-16(26(28)29)11-15(18)3/h5-11H,4,12-13H2,1-3H3,(H,22,27). The number of nitro benzene ring substituents is 1. The predicted octanol–water partition coefficient (Wildman–Crippen LogP) is 4.13. The molecule has 0 fully saturated rings. The van der Waals surface area contributed by atoms with Gasteiger partial charge in [-0.1, -0.05) is 23.9 Å². The first kappa shape index (κ1) is 22.3. The number of aryl methyl sites for hydroxylation is 2. The second-order valence-corrected chi connectivity index (χ2v) is 7.78. The highest BCUT2D eigenvalue weighted by Gasteiger charge is 2.15. The van der Waals surface area contributed by atoms with Gasteiger partial charge in [0.2, 0.25) is 5.91 Å². The molecular formula is C21H23N5O4S. The fraction of sp³-hybridized carbons (Fsp3) is 0.286.